The number of nitrogens with zero attached hydrogens (tertiary/aromatic N) is 1. The minimum absolute atomic E-state index is 0.0414. The number of hydrogen-bond donors (Lipinski definition) is 1. The monoisotopic (exact) mass is 236 g/mol. The highest BCUT2D eigenvalue weighted by atomic mass is 19.3. The zero-order valence-corrected chi connectivity index (χ0v) is 9.20. The summed E-state index contributed by atoms with van der Waals surface area (Å²) in [5.41, 5.74) is 5.73. The molecule has 1 fully saturated rings. The van der Waals surface area contributed by atoms with Crippen LogP contribution in [0, 0.1) is 0 Å². The van der Waals surface area contributed by atoms with Gasteiger partial charge in [-0.1, -0.05) is 0 Å². The fourth-order valence-corrected chi connectivity index (χ4v) is 1.73. The molecule has 16 heavy (non-hydrogen) atoms. The Labute approximate surface area is 93.7 Å². The number of likely N-dealkylation sites (tertiary alicyclic amines) is 1. The van der Waals surface area contributed by atoms with Crippen LogP contribution in [0.5, 0.6) is 0 Å². The van der Waals surface area contributed by atoms with Crippen LogP contribution in [0.25, 0.3) is 0 Å². The minimum Gasteiger partial charge on any atom is -0.375 e. The molecule has 4 nitrogen and oxygen atoms in total. The predicted octanol–water partition coefficient (Wildman–Crippen LogP) is 0.608. The Morgan fingerprint density at radius 2 is 2.31 bits per heavy atom. The summed E-state index contributed by atoms with van der Waals surface area (Å²) in [7, 11) is 0. The standard InChI is InChI=1S/C10H18F2N2O2/c11-9(12)7-16-5-3-10(15)14-4-1-2-8(13)6-14/h8-9H,1-7,13H2/t8-/m1/s1. The summed E-state index contributed by atoms with van der Waals surface area (Å²) in [6.45, 7) is 0.719. The van der Waals surface area contributed by atoms with E-state index >= 15 is 0 Å². The summed E-state index contributed by atoms with van der Waals surface area (Å²) in [6, 6.07) is 0.0414. The molecule has 94 valence electrons. The van der Waals surface area contributed by atoms with Crippen LogP contribution in [-0.2, 0) is 9.53 Å². The number of piperidine rings is 1. The Morgan fingerprint density at radius 3 is 2.94 bits per heavy atom. The van der Waals surface area contributed by atoms with Gasteiger partial charge in [0.05, 0.1) is 13.0 Å². The molecule has 1 atom stereocenters. The van der Waals surface area contributed by atoms with Gasteiger partial charge in [0.15, 0.2) is 0 Å². The molecule has 2 N–H and O–H groups in total. The number of carbonyl (C=O) groups is 1. The van der Waals surface area contributed by atoms with Gasteiger partial charge in [0, 0.05) is 19.1 Å². The van der Waals surface area contributed by atoms with Crippen molar-refractivity contribution in [2.75, 3.05) is 26.3 Å². The first-order valence-corrected chi connectivity index (χ1v) is 5.49. The lowest BCUT2D eigenvalue weighted by Gasteiger charge is -2.30. The smallest absolute Gasteiger partial charge is 0.261 e. The number of rotatable bonds is 5. The van der Waals surface area contributed by atoms with Crippen LogP contribution in [0.4, 0.5) is 8.78 Å². The molecule has 0 aliphatic carbocycles. The van der Waals surface area contributed by atoms with Crippen molar-refractivity contribution in [1.82, 2.24) is 4.90 Å². The first kappa shape index (κ1) is 13.3. The van der Waals surface area contributed by atoms with E-state index in [-0.39, 0.29) is 25.0 Å². The zero-order valence-electron chi connectivity index (χ0n) is 9.20. The molecule has 0 bridgehead atoms. The molecule has 0 radical (unpaired) electrons. The lowest BCUT2D eigenvalue weighted by atomic mass is 10.1. The van der Waals surface area contributed by atoms with E-state index in [0.717, 1.165) is 12.8 Å². The second-order valence-corrected chi connectivity index (χ2v) is 3.96. The number of hydrogen-bond acceptors (Lipinski definition) is 3. The third kappa shape index (κ3) is 4.85. The first-order chi connectivity index (χ1) is 7.59. The van der Waals surface area contributed by atoms with Gasteiger partial charge in [-0.3, -0.25) is 4.79 Å². The van der Waals surface area contributed by atoms with Crippen LogP contribution >= 0.6 is 0 Å². The van der Waals surface area contributed by atoms with Gasteiger partial charge in [-0.15, -0.1) is 0 Å². The summed E-state index contributed by atoms with van der Waals surface area (Å²) < 4.78 is 28.1. The topological polar surface area (TPSA) is 55.6 Å². The van der Waals surface area contributed by atoms with Gasteiger partial charge in [-0.25, -0.2) is 8.78 Å². The van der Waals surface area contributed by atoms with Gasteiger partial charge in [0.25, 0.3) is 6.43 Å². The predicted molar refractivity (Wildman–Crippen MR) is 55.2 cm³/mol. The van der Waals surface area contributed by atoms with Crippen molar-refractivity contribution in [3.05, 3.63) is 0 Å². The summed E-state index contributed by atoms with van der Waals surface area (Å²) in [5, 5.41) is 0. The molecule has 0 unspecified atom stereocenters. The van der Waals surface area contributed by atoms with E-state index in [0.29, 0.717) is 13.1 Å². The second-order valence-electron chi connectivity index (χ2n) is 3.96. The van der Waals surface area contributed by atoms with Crippen molar-refractivity contribution in [1.29, 1.82) is 0 Å². The first-order valence-electron chi connectivity index (χ1n) is 5.49. The van der Waals surface area contributed by atoms with E-state index in [9.17, 15) is 13.6 Å². The van der Waals surface area contributed by atoms with Gasteiger partial charge >= 0.3 is 0 Å². The number of amides is 1. The molecule has 6 heteroatoms. The molecule has 1 aliphatic rings. The lowest BCUT2D eigenvalue weighted by molar-refractivity contribution is -0.133. The molecule has 1 rings (SSSR count). The third-order valence-electron chi connectivity index (χ3n) is 2.51. The number of nitrogens with two attached hydrogens (primary N) is 1. The maximum absolute atomic E-state index is 11.7. The largest absolute Gasteiger partial charge is 0.375 e. The Bertz CT molecular complexity index is 227. The van der Waals surface area contributed by atoms with E-state index in [4.69, 9.17) is 5.73 Å². The molecule has 1 aliphatic heterocycles. The number of ether oxygens (including phenoxy) is 1. The molecule has 1 heterocycles. The van der Waals surface area contributed by atoms with Crippen LogP contribution in [-0.4, -0.2) is 49.6 Å². The highest BCUT2D eigenvalue weighted by Crippen LogP contribution is 2.09. The summed E-state index contributed by atoms with van der Waals surface area (Å²) >= 11 is 0. The van der Waals surface area contributed by atoms with Gasteiger partial charge in [-0.2, -0.15) is 0 Å². The number of alkyl halides is 2. The van der Waals surface area contributed by atoms with E-state index in [1.54, 1.807) is 4.90 Å². The fraction of sp³-hybridized carbons (Fsp3) is 0.900. The Balaban J connectivity index is 2.14. The van der Waals surface area contributed by atoms with Gasteiger partial charge in [-0.05, 0) is 12.8 Å². The molecule has 0 aromatic rings. The van der Waals surface area contributed by atoms with E-state index in [1.807, 2.05) is 0 Å². The van der Waals surface area contributed by atoms with E-state index in [2.05, 4.69) is 4.74 Å². The average molecular weight is 236 g/mol. The summed E-state index contributed by atoms with van der Waals surface area (Å²) in [4.78, 5) is 13.3. The Hall–Kier alpha value is -0.750. The maximum atomic E-state index is 11.7. The van der Waals surface area contributed by atoms with Crippen molar-refractivity contribution in [2.24, 2.45) is 5.73 Å². The van der Waals surface area contributed by atoms with Crippen LogP contribution < -0.4 is 5.73 Å². The molecular formula is C10H18F2N2O2. The molecular weight excluding hydrogens is 218 g/mol. The van der Waals surface area contributed by atoms with Crippen molar-refractivity contribution in [3.63, 3.8) is 0 Å². The summed E-state index contributed by atoms with van der Waals surface area (Å²) in [6.07, 6.45) is -0.478. The third-order valence-corrected chi connectivity index (χ3v) is 2.51. The van der Waals surface area contributed by atoms with Gasteiger partial charge in [0.1, 0.15) is 6.61 Å². The quantitative estimate of drug-likeness (QED) is 0.711. The van der Waals surface area contributed by atoms with Gasteiger partial charge in [0.2, 0.25) is 5.91 Å². The van der Waals surface area contributed by atoms with Crippen molar-refractivity contribution < 1.29 is 18.3 Å². The molecule has 0 spiro atoms. The molecule has 0 saturated carbocycles. The van der Waals surface area contributed by atoms with Crippen LogP contribution in [0.2, 0.25) is 0 Å². The Morgan fingerprint density at radius 1 is 1.56 bits per heavy atom. The number of carbonyl (C=O) groups excluding carboxylic acids is 1. The molecule has 1 saturated heterocycles. The van der Waals surface area contributed by atoms with Crippen molar-refractivity contribution in [2.45, 2.75) is 31.7 Å². The average Bonchev–Trinajstić information content (AvgIpc) is 2.24. The maximum Gasteiger partial charge on any atom is 0.261 e. The summed E-state index contributed by atoms with van der Waals surface area (Å²) in [5.74, 6) is -0.0654. The van der Waals surface area contributed by atoms with E-state index < -0.39 is 13.0 Å². The molecule has 1 amide bonds. The zero-order chi connectivity index (χ0) is 12.0. The van der Waals surface area contributed by atoms with Crippen LogP contribution in [0.3, 0.4) is 0 Å². The fourth-order valence-electron chi connectivity index (χ4n) is 1.73. The van der Waals surface area contributed by atoms with Gasteiger partial charge < -0.3 is 15.4 Å². The normalized spacial score (nSPS) is 21.5. The van der Waals surface area contributed by atoms with E-state index in [1.165, 1.54) is 0 Å². The van der Waals surface area contributed by atoms with Crippen molar-refractivity contribution >= 4 is 5.91 Å². The second kappa shape index (κ2) is 6.75. The lowest BCUT2D eigenvalue weighted by Crippen LogP contribution is -2.45. The Kier molecular flexibility index (Phi) is 5.62. The highest BCUT2D eigenvalue weighted by Gasteiger charge is 2.20. The number of halogens is 2. The molecule has 0 aromatic heterocycles. The SMILES string of the molecule is N[C@@H]1CCCN(C(=O)CCOCC(F)F)C1. The molecule has 0 aromatic carbocycles. The van der Waals surface area contributed by atoms with Crippen LogP contribution in [0.15, 0.2) is 0 Å². The minimum atomic E-state index is -2.47. The van der Waals surface area contributed by atoms with Crippen LogP contribution in [0.1, 0.15) is 19.3 Å². The highest BCUT2D eigenvalue weighted by molar-refractivity contribution is 5.76. The van der Waals surface area contributed by atoms with Crippen molar-refractivity contribution in [3.8, 4) is 0 Å².